The van der Waals surface area contributed by atoms with E-state index >= 15 is 0 Å². The second kappa shape index (κ2) is 6.04. The van der Waals surface area contributed by atoms with Crippen LogP contribution in [0, 0.1) is 0 Å². The van der Waals surface area contributed by atoms with Crippen LogP contribution in [0.2, 0.25) is 0 Å². The van der Waals surface area contributed by atoms with Gasteiger partial charge in [-0.25, -0.2) is 16.8 Å². The topological polar surface area (TPSA) is 109 Å². The molecule has 2 rings (SSSR count). The zero-order valence-electron chi connectivity index (χ0n) is 9.24. The van der Waals surface area contributed by atoms with Crippen molar-refractivity contribution in [2.75, 3.05) is 23.0 Å². The van der Waals surface area contributed by atoms with Gasteiger partial charge in [-0.15, -0.1) is 0 Å². The molecule has 2 fully saturated rings. The fraction of sp³-hybridized carbons (Fsp3) is 1.00. The highest BCUT2D eigenvalue weighted by atomic mass is 79.9. The summed E-state index contributed by atoms with van der Waals surface area (Å²) < 4.78 is 42.6. The van der Waals surface area contributed by atoms with Gasteiger partial charge in [0.05, 0.1) is 44.9 Å². The molecule has 0 aromatic rings. The predicted molar refractivity (Wildman–Crippen MR) is 74.8 cm³/mol. The number of hydrogen-bond acceptors (Lipinski definition) is 6. The van der Waals surface area contributed by atoms with Gasteiger partial charge >= 0.3 is 0 Å². The van der Waals surface area contributed by atoms with E-state index in [1.807, 2.05) is 0 Å². The number of alkyl halides is 2. The van der Waals surface area contributed by atoms with Gasteiger partial charge in [-0.05, 0) is 0 Å². The fourth-order valence-electron chi connectivity index (χ4n) is 1.57. The maximum Gasteiger partial charge on any atom is 0.154 e. The summed E-state index contributed by atoms with van der Waals surface area (Å²) in [5.41, 5.74) is 0. The fourth-order valence-corrected chi connectivity index (χ4v) is 8.05. The van der Waals surface area contributed by atoms with Gasteiger partial charge in [0.15, 0.2) is 19.7 Å². The standard InChI is InChI=1S/2C4H7BrO3S/c2*5-3-1-9(7,8)2-4(3)6/h2*3-4,6H,1-2H2/t2*3-,4-/m10/s1. The summed E-state index contributed by atoms with van der Waals surface area (Å²) in [6.45, 7) is 0. The largest absolute Gasteiger partial charge is 0.391 e. The molecule has 2 saturated heterocycles. The van der Waals surface area contributed by atoms with Crippen molar-refractivity contribution in [3.05, 3.63) is 0 Å². The average Bonchev–Trinajstić information content (AvgIpc) is 2.49. The predicted octanol–water partition coefficient (Wildman–Crippen LogP) is -0.922. The van der Waals surface area contributed by atoms with Crippen LogP contribution < -0.4 is 0 Å². The van der Waals surface area contributed by atoms with Gasteiger partial charge in [-0.2, -0.15) is 0 Å². The lowest BCUT2D eigenvalue weighted by Crippen LogP contribution is -2.16. The van der Waals surface area contributed by atoms with Gasteiger partial charge < -0.3 is 10.2 Å². The minimum absolute atomic E-state index is 0.0637. The Morgan fingerprint density at radius 3 is 1.06 bits per heavy atom. The summed E-state index contributed by atoms with van der Waals surface area (Å²) >= 11 is 6.10. The van der Waals surface area contributed by atoms with Crippen molar-refractivity contribution in [3.8, 4) is 0 Å². The molecule has 0 aromatic carbocycles. The van der Waals surface area contributed by atoms with Crippen LogP contribution in [-0.2, 0) is 19.7 Å². The molecule has 2 aliphatic rings. The molecule has 0 saturated carbocycles. The molecule has 10 heteroatoms. The Balaban J connectivity index is 0.000000180. The van der Waals surface area contributed by atoms with Gasteiger partial charge in [0.2, 0.25) is 0 Å². The first-order valence-electron chi connectivity index (χ1n) is 5.07. The molecule has 0 unspecified atom stereocenters. The highest BCUT2D eigenvalue weighted by molar-refractivity contribution is 9.10. The third-order valence-corrected chi connectivity index (χ3v) is 8.67. The van der Waals surface area contributed by atoms with Crippen LogP contribution in [0.3, 0.4) is 0 Å². The molecule has 0 radical (unpaired) electrons. The Bertz CT molecular complexity index is 410. The Kier molecular flexibility index (Phi) is 5.65. The summed E-state index contributed by atoms with van der Waals surface area (Å²) in [7, 11) is -5.88. The highest BCUT2D eigenvalue weighted by Gasteiger charge is 2.34. The summed E-state index contributed by atoms with van der Waals surface area (Å²) in [5.74, 6) is -0.0613. The van der Waals surface area contributed by atoms with Crippen LogP contribution >= 0.6 is 31.9 Å². The van der Waals surface area contributed by atoms with Crippen LogP contribution in [0.1, 0.15) is 0 Å². The van der Waals surface area contributed by atoms with Crippen molar-refractivity contribution >= 4 is 51.5 Å². The molecule has 4 atom stereocenters. The molecule has 2 N–H and O–H groups in total. The van der Waals surface area contributed by atoms with E-state index in [1.54, 1.807) is 0 Å². The number of aliphatic hydroxyl groups is 2. The first-order chi connectivity index (χ1) is 8.02. The monoisotopic (exact) mass is 428 g/mol. The third kappa shape index (κ3) is 5.04. The van der Waals surface area contributed by atoms with E-state index in [4.69, 9.17) is 10.2 Å². The Hall–Kier alpha value is 0.780. The minimum atomic E-state index is -2.94. The molecule has 0 aliphatic carbocycles. The molecule has 0 spiro atoms. The van der Waals surface area contributed by atoms with Crippen molar-refractivity contribution in [2.45, 2.75) is 21.9 Å². The summed E-state index contributed by atoms with van der Waals surface area (Å²) in [6, 6.07) is 0. The van der Waals surface area contributed by atoms with E-state index < -0.39 is 31.9 Å². The molecule has 6 nitrogen and oxygen atoms in total. The van der Waals surface area contributed by atoms with Crippen LogP contribution in [0.25, 0.3) is 0 Å². The summed E-state index contributed by atoms with van der Waals surface area (Å²) in [5, 5.41) is 17.8. The van der Waals surface area contributed by atoms with E-state index in [2.05, 4.69) is 31.9 Å². The molecule has 2 heterocycles. The lowest BCUT2D eigenvalue weighted by molar-refractivity contribution is 0.209. The van der Waals surface area contributed by atoms with Crippen molar-refractivity contribution in [3.63, 3.8) is 0 Å². The van der Waals surface area contributed by atoms with Crippen molar-refractivity contribution in [1.29, 1.82) is 0 Å². The number of halogens is 2. The van der Waals surface area contributed by atoms with Crippen LogP contribution in [0.15, 0.2) is 0 Å². The van der Waals surface area contributed by atoms with Crippen molar-refractivity contribution in [1.82, 2.24) is 0 Å². The van der Waals surface area contributed by atoms with Crippen molar-refractivity contribution in [2.24, 2.45) is 0 Å². The Morgan fingerprint density at radius 1 is 0.722 bits per heavy atom. The maximum absolute atomic E-state index is 10.7. The maximum atomic E-state index is 10.7. The highest BCUT2D eigenvalue weighted by Crippen LogP contribution is 2.19. The normalized spacial score (nSPS) is 41.1. The van der Waals surface area contributed by atoms with Crippen LogP contribution in [0.4, 0.5) is 0 Å². The van der Waals surface area contributed by atoms with Gasteiger partial charge in [0.1, 0.15) is 0 Å². The zero-order chi connectivity index (χ0) is 14.1. The van der Waals surface area contributed by atoms with E-state index in [0.29, 0.717) is 0 Å². The van der Waals surface area contributed by atoms with Gasteiger partial charge in [-0.1, -0.05) is 31.9 Å². The Morgan fingerprint density at radius 2 is 1.00 bits per heavy atom. The third-order valence-electron chi connectivity index (χ3n) is 2.51. The smallest absolute Gasteiger partial charge is 0.154 e. The van der Waals surface area contributed by atoms with Gasteiger partial charge in [0, 0.05) is 0 Å². The molecule has 18 heavy (non-hydrogen) atoms. The zero-order valence-corrected chi connectivity index (χ0v) is 14.0. The van der Waals surface area contributed by atoms with E-state index in [-0.39, 0.29) is 32.7 Å². The SMILES string of the molecule is O=S1(=O)C[C@@H](O)[C@H](Br)C1.O=S1(=O)C[C@H](O)[C@@H](Br)C1. The van der Waals surface area contributed by atoms with Gasteiger partial charge in [0.25, 0.3) is 0 Å². The first kappa shape index (κ1) is 16.8. The second-order valence-electron chi connectivity index (χ2n) is 4.32. The van der Waals surface area contributed by atoms with Gasteiger partial charge in [-0.3, -0.25) is 0 Å². The number of sulfone groups is 2. The van der Waals surface area contributed by atoms with E-state index in [1.165, 1.54) is 0 Å². The van der Waals surface area contributed by atoms with E-state index in [9.17, 15) is 16.8 Å². The number of rotatable bonds is 0. The summed E-state index contributed by atoms with van der Waals surface area (Å²) in [6.07, 6.45) is -1.43. The lowest BCUT2D eigenvalue weighted by atomic mass is 10.3. The molecular weight excluding hydrogens is 416 g/mol. The molecule has 108 valence electrons. The van der Waals surface area contributed by atoms with Crippen LogP contribution in [-0.4, -0.2) is 71.9 Å². The van der Waals surface area contributed by atoms with Crippen molar-refractivity contribution < 1.29 is 27.0 Å². The average molecular weight is 430 g/mol. The summed E-state index contributed by atoms with van der Waals surface area (Å²) in [4.78, 5) is -0.523. The molecule has 0 bridgehead atoms. The lowest BCUT2D eigenvalue weighted by Gasteiger charge is -1.99. The second-order valence-corrected chi connectivity index (χ2v) is 11.0. The molecular formula is C8H14Br2O6S2. The molecule has 0 amide bonds. The Labute approximate surface area is 123 Å². The van der Waals surface area contributed by atoms with Crippen LogP contribution in [0.5, 0.6) is 0 Å². The molecule has 2 aliphatic heterocycles. The van der Waals surface area contributed by atoms with E-state index in [0.717, 1.165) is 0 Å². The molecule has 0 aromatic heterocycles. The number of hydrogen-bond donors (Lipinski definition) is 2. The minimum Gasteiger partial charge on any atom is -0.391 e. The number of aliphatic hydroxyl groups excluding tert-OH is 2. The first-order valence-corrected chi connectivity index (χ1v) is 10.5. The quantitative estimate of drug-likeness (QED) is 0.482.